The first-order chi connectivity index (χ1) is 10.2. The lowest BCUT2D eigenvalue weighted by molar-refractivity contribution is -0.384. The summed E-state index contributed by atoms with van der Waals surface area (Å²) < 4.78 is 0. The third-order valence-corrected chi connectivity index (χ3v) is 3.26. The fraction of sp³-hybridized carbons (Fsp3) is 0.400. The molecule has 0 amide bonds. The van der Waals surface area contributed by atoms with Crippen molar-refractivity contribution in [1.82, 2.24) is 10.6 Å². The van der Waals surface area contributed by atoms with E-state index in [1.807, 2.05) is 6.92 Å². The van der Waals surface area contributed by atoms with Crippen LogP contribution in [-0.2, 0) is 6.54 Å². The van der Waals surface area contributed by atoms with E-state index in [-0.39, 0.29) is 29.7 Å². The van der Waals surface area contributed by atoms with Gasteiger partial charge in [0.2, 0.25) is 0 Å². The van der Waals surface area contributed by atoms with Gasteiger partial charge in [-0.2, -0.15) is 0 Å². The second kappa shape index (κ2) is 9.39. The molecule has 6 nitrogen and oxygen atoms in total. The van der Waals surface area contributed by atoms with Crippen molar-refractivity contribution in [2.45, 2.75) is 32.4 Å². The van der Waals surface area contributed by atoms with Crippen molar-refractivity contribution in [3.63, 3.8) is 0 Å². The number of nitro groups is 1. The largest absolute Gasteiger partial charge is 0.357 e. The van der Waals surface area contributed by atoms with Gasteiger partial charge < -0.3 is 10.6 Å². The van der Waals surface area contributed by atoms with Crippen molar-refractivity contribution in [1.29, 1.82) is 0 Å². The molecule has 0 unspecified atom stereocenters. The van der Waals surface area contributed by atoms with Gasteiger partial charge in [0.1, 0.15) is 0 Å². The second-order valence-corrected chi connectivity index (χ2v) is 4.90. The summed E-state index contributed by atoms with van der Waals surface area (Å²) in [7, 11) is 0. The molecule has 0 saturated carbocycles. The fourth-order valence-electron chi connectivity index (χ4n) is 2.14. The molecule has 2 N–H and O–H groups in total. The van der Waals surface area contributed by atoms with Crippen LogP contribution in [0.15, 0.2) is 41.4 Å². The molecule has 1 aromatic rings. The molecule has 0 aliphatic heterocycles. The molecule has 0 radical (unpaired) electrons. The number of hydrogen-bond acceptors (Lipinski definition) is 3. The predicted molar refractivity (Wildman–Crippen MR) is 98.6 cm³/mol. The van der Waals surface area contributed by atoms with Gasteiger partial charge in [-0.1, -0.05) is 24.3 Å². The maximum atomic E-state index is 10.6. The van der Waals surface area contributed by atoms with E-state index in [1.54, 1.807) is 12.1 Å². The molecule has 1 aromatic carbocycles. The highest BCUT2D eigenvalue weighted by Gasteiger charge is 2.11. The third-order valence-electron chi connectivity index (χ3n) is 3.26. The minimum absolute atomic E-state index is 0. The van der Waals surface area contributed by atoms with Crippen molar-refractivity contribution >= 4 is 35.6 Å². The molecular formula is C15H21IN4O2. The minimum atomic E-state index is -0.397. The highest BCUT2D eigenvalue weighted by Crippen LogP contribution is 2.13. The lowest BCUT2D eigenvalue weighted by Crippen LogP contribution is -2.42. The summed E-state index contributed by atoms with van der Waals surface area (Å²) in [6, 6.07) is 6.89. The molecule has 0 bridgehead atoms. The Morgan fingerprint density at radius 3 is 2.50 bits per heavy atom. The van der Waals surface area contributed by atoms with Gasteiger partial charge in [-0.3, -0.25) is 10.1 Å². The van der Waals surface area contributed by atoms with Crippen LogP contribution in [0.25, 0.3) is 0 Å². The van der Waals surface area contributed by atoms with Crippen LogP contribution in [0, 0.1) is 10.1 Å². The first-order valence-electron chi connectivity index (χ1n) is 7.12. The number of aliphatic imine (C=N–C) groups is 1. The smallest absolute Gasteiger partial charge is 0.269 e. The van der Waals surface area contributed by atoms with Crippen LogP contribution in [0.3, 0.4) is 0 Å². The molecular weight excluding hydrogens is 395 g/mol. The topological polar surface area (TPSA) is 79.6 Å². The van der Waals surface area contributed by atoms with Gasteiger partial charge in [0.15, 0.2) is 5.96 Å². The number of nitrogens with one attached hydrogen (secondary N) is 2. The highest BCUT2D eigenvalue weighted by atomic mass is 127. The van der Waals surface area contributed by atoms with E-state index >= 15 is 0 Å². The maximum absolute atomic E-state index is 10.6. The maximum Gasteiger partial charge on any atom is 0.269 e. The molecule has 2 rings (SSSR count). The summed E-state index contributed by atoms with van der Waals surface area (Å²) in [5.41, 5.74) is 1.05. The van der Waals surface area contributed by atoms with Crippen molar-refractivity contribution in [2.24, 2.45) is 4.99 Å². The Kier molecular flexibility index (Phi) is 7.86. The molecule has 120 valence electrons. The van der Waals surface area contributed by atoms with Crippen LogP contribution in [-0.4, -0.2) is 23.5 Å². The van der Waals surface area contributed by atoms with Gasteiger partial charge in [0, 0.05) is 24.7 Å². The van der Waals surface area contributed by atoms with Crippen molar-refractivity contribution in [2.75, 3.05) is 6.54 Å². The molecule has 0 fully saturated rings. The van der Waals surface area contributed by atoms with Gasteiger partial charge >= 0.3 is 0 Å². The number of benzene rings is 1. The van der Waals surface area contributed by atoms with Crippen LogP contribution in [0.5, 0.6) is 0 Å². The summed E-state index contributed by atoms with van der Waals surface area (Å²) >= 11 is 0. The normalized spacial score (nSPS) is 14.5. The molecule has 0 spiro atoms. The number of nitrogens with zero attached hydrogens (tertiary/aromatic N) is 2. The number of nitro benzene ring substituents is 1. The summed E-state index contributed by atoms with van der Waals surface area (Å²) in [6.07, 6.45) is 6.36. The van der Waals surface area contributed by atoms with Gasteiger partial charge in [0.25, 0.3) is 5.69 Å². The van der Waals surface area contributed by atoms with Gasteiger partial charge in [-0.05, 0) is 25.3 Å². The number of rotatable bonds is 5. The quantitative estimate of drug-likeness (QED) is 0.193. The molecule has 22 heavy (non-hydrogen) atoms. The molecule has 1 aliphatic rings. The van der Waals surface area contributed by atoms with E-state index in [0.717, 1.165) is 30.9 Å². The Bertz CT molecular complexity index is 535. The average molecular weight is 416 g/mol. The van der Waals surface area contributed by atoms with Crippen LogP contribution in [0.4, 0.5) is 5.69 Å². The second-order valence-electron chi connectivity index (χ2n) is 4.90. The summed E-state index contributed by atoms with van der Waals surface area (Å²) in [5, 5.41) is 17.2. The van der Waals surface area contributed by atoms with Crippen LogP contribution >= 0.6 is 24.0 Å². The molecule has 0 atom stereocenters. The molecule has 1 aliphatic carbocycles. The first-order valence-corrected chi connectivity index (χ1v) is 7.12. The van der Waals surface area contributed by atoms with Gasteiger partial charge in [0.05, 0.1) is 11.5 Å². The Hall–Kier alpha value is -1.64. The van der Waals surface area contributed by atoms with E-state index in [1.165, 1.54) is 12.1 Å². The lowest BCUT2D eigenvalue weighted by atomic mass is 10.2. The highest BCUT2D eigenvalue weighted by molar-refractivity contribution is 14.0. The monoisotopic (exact) mass is 416 g/mol. The van der Waals surface area contributed by atoms with E-state index < -0.39 is 4.92 Å². The zero-order valence-corrected chi connectivity index (χ0v) is 14.8. The van der Waals surface area contributed by atoms with E-state index in [2.05, 4.69) is 27.8 Å². The predicted octanol–water partition coefficient (Wildman–Crippen LogP) is 2.99. The van der Waals surface area contributed by atoms with Gasteiger partial charge in [-0.15, -0.1) is 24.0 Å². The van der Waals surface area contributed by atoms with E-state index in [0.29, 0.717) is 12.6 Å². The summed E-state index contributed by atoms with van der Waals surface area (Å²) in [4.78, 5) is 14.7. The standard InChI is InChI=1S/C15H20N4O2.HI/c1-2-16-15(18-13-5-3-4-6-13)17-11-12-7-9-14(10-8-12)19(20)21;/h3-4,7-10,13H,2,5-6,11H2,1H3,(H2,16,17,18);1H. The molecule has 0 saturated heterocycles. The first kappa shape index (κ1) is 18.4. The Morgan fingerprint density at radius 1 is 1.32 bits per heavy atom. The molecule has 7 heteroatoms. The van der Waals surface area contributed by atoms with E-state index in [9.17, 15) is 10.1 Å². The fourth-order valence-corrected chi connectivity index (χ4v) is 2.14. The number of halogens is 1. The van der Waals surface area contributed by atoms with Crippen molar-refractivity contribution < 1.29 is 4.92 Å². The van der Waals surface area contributed by atoms with Crippen LogP contribution < -0.4 is 10.6 Å². The van der Waals surface area contributed by atoms with Gasteiger partial charge in [-0.25, -0.2) is 4.99 Å². The van der Waals surface area contributed by atoms with E-state index in [4.69, 9.17) is 0 Å². The van der Waals surface area contributed by atoms with Crippen molar-refractivity contribution in [3.8, 4) is 0 Å². The van der Waals surface area contributed by atoms with Crippen LogP contribution in [0.1, 0.15) is 25.3 Å². The van der Waals surface area contributed by atoms with Crippen molar-refractivity contribution in [3.05, 3.63) is 52.1 Å². The number of non-ortho nitro benzene ring substituents is 1. The Labute approximate surface area is 147 Å². The van der Waals surface area contributed by atoms with Crippen LogP contribution in [0.2, 0.25) is 0 Å². The zero-order chi connectivity index (χ0) is 15.1. The molecule has 0 heterocycles. The Morgan fingerprint density at radius 2 is 1.95 bits per heavy atom. The number of hydrogen-bond donors (Lipinski definition) is 2. The third kappa shape index (κ3) is 5.63. The number of guanidine groups is 1. The summed E-state index contributed by atoms with van der Waals surface area (Å²) in [6.45, 7) is 3.32. The zero-order valence-electron chi connectivity index (χ0n) is 12.5. The average Bonchev–Trinajstić information content (AvgIpc) is 2.98. The SMILES string of the molecule is CCNC(=NCc1ccc([N+](=O)[O-])cc1)NC1CC=CC1.I. The molecule has 0 aromatic heterocycles. The minimum Gasteiger partial charge on any atom is -0.357 e. The Balaban J connectivity index is 0.00000242. The summed E-state index contributed by atoms with van der Waals surface area (Å²) in [5.74, 6) is 0.782. The lowest BCUT2D eigenvalue weighted by Gasteiger charge is -2.16.